The van der Waals surface area contributed by atoms with Crippen molar-refractivity contribution in [2.45, 2.75) is 19.3 Å². The monoisotopic (exact) mass is 297 g/mol. The lowest BCUT2D eigenvalue weighted by Gasteiger charge is -2.31. The summed E-state index contributed by atoms with van der Waals surface area (Å²) in [6, 6.07) is 9.60. The van der Waals surface area contributed by atoms with E-state index in [4.69, 9.17) is 5.73 Å². The molecule has 0 aromatic heterocycles. The SMILES string of the molecule is Cl.NCC1CCCN(CCC(=O)Nc2ccccc2)C1. The fourth-order valence-corrected chi connectivity index (χ4v) is 2.55. The summed E-state index contributed by atoms with van der Waals surface area (Å²) >= 11 is 0. The Morgan fingerprint density at radius 1 is 1.35 bits per heavy atom. The Kier molecular flexibility index (Phi) is 7.59. The van der Waals surface area contributed by atoms with Crippen molar-refractivity contribution in [2.24, 2.45) is 11.7 Å². The van der Waals surface area contributed by atoms with Gasteiger partial charge in [0.25, 0.3) is 0 Å². The second-order valence-electron chi connectivity index (χ2n) is 5.21. The first kappa shape index (κ1) is 17.0. The van der Waals surface area contributed by atoms with E-state index in [1.54, 1.807) is 0 Å². The lowest BCUT2D eigenvalue weighted by atomic mass is 9.98. The van der Waals surface area contributed by atoms with Crippen molar-refractivity contribution >= 4 is 24.0 Å². The van der Waals surface area contributed by atoms with E-state index in [9.17, 15) is 4.79 Å². The number of benzene rings is 1. The predicted octanol–water partition coefficient (Wildman–Crippen LogP) is 2.11. The minimum atomic E-state index is 0. The first-order valence-corrected chi connectivity index (χ1v) is 7.05. The van der Waals surface area contributed by atoms with Crippen LogP contribution in [0.5, 0.6) is 0 Å². The Labute approximate surface area is 127 Å². The fraction of sp³-hybridized carbons (Fsp3) is 0.533. The number of halogens is 1. The smallest absolute Gasteiger partial charge is 0.225 e. The molecule has 1 atom stereocenters. The maximum absolute atomic E-state index is 11.8. The van der Waals surface area contributed by atoms with E-state index >= 15 is 0 Å². The molecule has 4 nitrogen and oxygen atoms in total. The highest BCUT2D eigenvalue weighted by atomic mass is 35.5. The van der Waals surface area contributed by atoms with E-state index in [1.807, 2.05) is 30.3 Å². The number of carbonyl (C=O) groups is 1. The molecule has 112 valence electrons. The van der Waals surface area contributed by atoms with Crippen LogP contribution in [-0.4, -0.2) is 37.0 Å². The number of nitrogens with two attached hydrogens (primary N) is 1. The zero-order valence-electron chi connectivity index (χ0n) is 11.8. The third-order valence-corrected chi connectivity index (χ3v) is 3.65. The molecule has 1 fully saturated rings. The molecule has 3 N–H and O–H groups in total. The molecule has 0 aliphatic carbocycles. The molecule has 5 heteroatoms. The number of anilines is 1. The van der Waals surface area contributed by atoms with Crippen molar-refractivity contribution in [3.63, 3.8) is 0 Å². The number of nitrogens with one attached hydrogen (secondary N) is 1. The van der Waals surface area contributed by atoms with Gasteiger partial charge in [0.1, 0.15) is 0 Å². The van der Waals surface area contributed by atoms with Gasteiger partial charge in [-0.15, -0.1) is 12.4 Å². The maximum Gasteiger partial charge on any atom is 0.225 e. The molecular weight excluding hydrogens is 274 g/mol. The molecule has 1 aromatic rings. The number of para-hydroxylation sites is 1. The quantitative estimate of drug-likeness (QED) is 0.875. The molecule has 0 spiro atoms. The van der Waals surface area contributed by atoms with Crippen LogP contribution < -0.4 is 11.1 Å². The van der Waals surface area contributed by atoms with Crippen molar-refractivity contribution in [2.75, 3.05) is 31.5 Å². The van der Waals surface area contributed by atoms with Crippen LogP contribution in [0.25, 0.3) is 0 Å². The predicted molar refractivity (Wildman–Crippen MR) is 85.2 cm³/mol. The van der Waals surface area contributed by atoms with Gasteiger partial charge in [0, 0.05) is 25.2 Å². The highest BCUT2D eigenvalue weighted by Crippen LogP contribution is 2.15. The highest BCUT2D eigenvalue weighted by Gasteiger charge is 2.18. The zero-order valence-corrected chi connectivity index (χ0v) is 12.6. The van der Waals surface area contributed by atoms with Crippen LogP contribution in [0.4, 0.5) is 5.69 Å². The Hall–Kier alpha value is -1.10. The lowest BCUT2D eigenvalue weighted by Crippen LogP contribution is -2.39. The largest absolute Gasteiger partial charge is 0.330 e. The van der Waals surface area contributed by atoms with Gasteiger partial charge in [-0.3, -0.25) is 4.79 Å². The lowest BCUT2D eigenvalue weighted by molar-refractivity contribution is -0.116. The first-order chi connectivity index (χ1) is 9.28. The molecule has 1 amide bonds. The topological polar surface area (TPSA) is 58.4 Å². The molecule has 1 aromatic carbocycles. The number of hydrogen-bond donors (Lipinski definition) is 2. The molecule has 2 rings (SSSR count). The summed E-state index contributed by atoms with van der Waals surface area (Å²) in [6.45, 7) is 3.71. The Bertz CT molecular complexity index is 399. The summed E-state index contributed by atoms with van der Waals surface area (Å²) in [5.41, 5.74) is 6.58. The highest BCUT2D eigenvalue weighted by molar-refractivity contribution is 5.90. The summed E-state index contributed by atoms with van der Waals surface area (Å²) in [6.07, 6.45) is 2.97. The zero-order chi connectivity index (χ0) is 13.5. The standard InChI is InChI=1S/C15H23N3O.ClH/c16-11-13-5-4-9-18(12-13)10-8-15(19)17-14-6-2-1-3-7-14;/h1-3,6-7,13H,4-5,8-12,16H2,(H,17,19);1H. The van der Waals surface area contributed by atoms with Crippen LogP contribution in [-0.2, 0) is 4.79 Å². The van der Waals surface area contributed by atoms with Crippen molar-refractivity contribution in [3.8, 4) is 0 Å². The Morgan fingerprint density at radius 3 is 2.80 bits per heavy atom. The van der Waals surface area contributed by atoms with Crippen LogP contribution >= 0.6 is 12.4 Å². The number of likely N-dealkylation sites (tertiary alicyclic amines) is 1. The first-order valence-electron chi connectivity index (χ1n) is 7.05. The second kappa shape index (κ2) is 8.95. The number of piperidine rings is 1. The Balaban J connectivity index is 0.00000200. The number of hydrogen-bond acceptors (Lipinski definition) is 3. The molecule has 0 radical (unpaired) electrons. The second-order valence-corrected chi connectivity index (χ2v) is 5.21. The molecule has 1 saturated heterocycles. The molecular formula is C15H24ClN3O. The molecule has 1 aliphatic heterocycles. The van der Waals surface area contributed by atoms with E-state index < -0.39 is 0 Å². The van der Waals surface area contributed by atoms with Crippen molar-refractivity contribution in [3.05, 3.63) is 30.3 Å². The Morgan fingerprint density at radius 2 is 2.10 bits per heavy atom. The van der Waals surface area contributed by atoms with E-state index in [1.165, 1.54) is 12.8 Å². The van der Waals surface area contributed by atoms with Crippen molar-refractivity contribution < 1.29 is 4.79 Å². The van der Waals surface area contributed by atoms with Gasteiger partial charge >= 0.3 is 0 Å². The van der Waals surface area contributed by atoms with E-state index in [0.717, 1.165) is 31.9 Å². The van der Waals surface area contributed by atoms with Crippen LogP contribution in [0.1, 0.15) is 19.3 Å². The molecule has 0 saturated carbocycles. The number of rotatable bonds is 5. The van der Waals surface area contributed by atoms with Gasteiger partial charge in [-0.1, -0.05) is 18.2 Å². The van der Waals surface area contributed by atoms with Gasteiger partial charge in [0.2, 0.25) is 5.91 Å². The summed E-state index contributed by atoms with van der Waals surface area (Å²) in [7, 11) is 0. The minimum Gasteiger partial charge on any atom is -0.330 e. The van der Waals surface area contributed by atoms with Crippen LogP contribution in [0.15, 0.2) is 30.3 Å². The maximum atomic E-state index is 11.8. The van der Waals surface area contributed by atoms with E-state index in [-0.39, 0.29) is 18.3 Å². The average Bonchev–Trinajstić information content (AvgIpc) is 2.46. The van der Waals surface area contributed by atoms with E-state index in [0.29, 0.717) is 12.3 Å². The minimum absolute atomic E-state index is 0. The third kappa shape index (κ3) is 5.49. The molecule has 0 bridgehead atoms. The van der Waals surface area contributed by atoms with Gasteiger partial charge in [-0.05, 0) is 44.0 Å². The molecule has 20 heavy (non-hydrogen) atoms. The number of carbonyl (C=O) groups excluding carboxylic acids is 1. The normalized spacial score (nSPS) is 19.1. The summed E-state index contributed by atoms with van der Waals surface area (Å²) in [4.78, 5) is 14.2. The van der Waals surface area contributed by atoms with Gasteiger partial charge in [0.15, 0.2) is 0 Å². The van der Waals surface area contributed by atoms with Crippen LogP contribution in [0.2, 0.25) is 0 Å². The molecule has 1 heterocycles. The van der Waals surface area contributed by atoms with Gasteiger partial charge in [-0.2, -0.15) is 0 Å². The van der Waals surface area contributed by atoms with Gasteiger partial charge in [-0.25, -0.2) is 0 Å². The van der Waals surface area contributed by atoms with Gasteiger partial charge in [0.05, 0.1) is 0 Å². The van der Waals surface area contributed by atoms with Crippen LogP contribution in [0.3, 0.4) is 0 Å². The van der Waals surface area contributed by atoms with Gasteiger partial charge < -0.3 is 16.0 Å². The van der Waals surface area contributed by atoms with Crippen molar-refractivity contribution in [1.82, 2.24) is 4.90 Å². The van der Waals surface area contributed by atoms with Crippen LogP contribution in [0, 0.1) is 5.92 Å². The summed E-state index contributed by atoms with van der Waals surface area (Å²) in [5, 5.41) is 2.92. The third-order valence-electron chi connectivity index (χ3n) is 3.65. The summed E-state index contributed by atoms with van der Waals surface area (Å²) in [5.74, 6) is 0.687. The van der Waals surface area contributed by atoms with Crippen molar-refractivity contribution in [1.29, 1.82) is 0 Å². The molecule has 1 unspecified atom stereocenters. The number of amides is 1. The summed E-state index contributed by atoms with van der Waals surface area (Å²) < 4.78 is 0. The fourth-order valence-electron chi connectivity index (χ4n) is 2.55. The average molecular weight is 298 g/mol. The number of nitrogens with zero attached hydrogens (tertiary/aromatic N) is 1. The van der Waals surface area contributed by atoms with E-state index in [2.05, 4.69) is 10.2 Å². The molecule has 1 aliphatic rings.